The quantitative estimate of drug-likeness (QED) is 0.816. The van der Waals surface area contributed by atoms with E-state index in [-0.39, 0.29) is 17.6 Å². The third-order valence-electron chi connectivity index (χ3n) is 4.66. The van der Waals surface area contributed by atoms with Gasteiger partial charge in [0.25, 0.3) is 0 Å². The van der Waals surface area contributed by atoms with Crippen molar-refractivity contribution in [1.82, 2.24) is 19.7 Å². The first-order valence-electron chi connectivity index (χ1n) is 8.60. The Kier molecular flexibility index (Phi) is 4.52. The lowest BCUT2D eigenvalue weighted by molar-refractivity contribution is -0.128. The molecule has 0 unspecified atom stereocenters. The van der Waals surface area contributed by atoms with Gasteiger partial charge < -0.3 is 9.80 Å². The van der Waals surface area contributed by atoms with Crippen molar-refractivity contribution in [2.24, 2.45) is 0 Å². The molecule has 8 heteroatoms. The predicted molar refractivity (Wildman–Crippen MR) is 97.1 cm³/mol. The van der Waals surface area contributed by atoms with Crippen molar-refractivity contribution in [3.8, 4) is 0 Å². The van der Waals surface area contributed by atoms with Crippen molar-refractivity contribution in [2.45, 2.75) is 24.0 Å². The van der Waals surface area contributed by atoms with E-state index in [2.05, 4.69) is 27.2 Å². The van der Waals surface area contributed by atoms with Crippen LogP contribution in [-0.2, 0) is 4.79 Å². The minimum Gasteiger partial charge on any atom is -0.368 e. The van der Waals surface area contributed by atoms with Gasteiger partial charge in [-0.2, -0.15) is 0 Å². The minimum absolute atomic E-state index is 0.107. The third kappa shape index (κ3) is 3.58. The Labute approximate surface area is 150 Å². The van der Waals surface area contributed by atoms with Crippen LogP contribution in [0.3, 0.4) is 0 Å². The molecule has 1 aromatic heterocycles. The van der Waals surface area contributed by atoms with E-state index >= 15 is 0 Å². The van der Waals surface area contributed by atoms with Crippen molar-refractivity contribution in [1.29, 1.82) is 0 Å². The molecule has 1 amide bonds. The zero-order valence-corrected chi connectivity index (χ0v) is 14.7. The number of carbonyl (C=O) groups excluding carboxylic acids is 1. The third-order valence-corrected chi connectivity index (χ3v) is 5.60. The molecular formula is C17H21N5O2S. The second-order valence-electron chi connectivity index (χ2n) is 6.40. The first kappa shape index (κ1) is 16.3. The van der Waals surface area contributed by atoms with Gasteiger partial charge >= 0.3 is 5.69 Å². The van der Waals surface area contributed by atoms with Crippen LogP contribution in [0.5, 0.6) is 0 Å². The zero-order chi connectivity index (χ0) is 17.2. The summed E-state index contributed by atoms with van der Waals surface area (Å²) in [6, 6.07) is 10.5. The number of nitrogens with zero attached hydrogens (tertiary/aromatic N) is 4. The Balaban J connectivity index is 1.30. The van der Waals surface area contributed by atoms with Crippen molar-refractivity contribution in [3.63, 3.8) is 0 Å². The lowest BCUT2D eigenvalue weighted by Crippen LogP contribution is -2.49. The number of anilines is 1. The van der Waals surface area contributed by atoms with Gasteiger partial charge in [-0.3, -0.25) is 9.36 Å². The number of piperazine rings is 1. The fourth-order valence-electron chi connectivity index (χ4n) is 3.12. The Bertz CT molecular complexity index is 791. The number of amides is 1. The number of thioether (sulfide) groups is 1. The molecule has 0 spiro atoms. The van der Waals surface area contributed by atoms with Crippen molar-refractivity contribution in [3.05, 3.63) is 40.8 Å². The summed E-state index contributed by atoms with van der Waals surface area (Å²) < 4.78 is 1.69. The molecule has 1 aromatic carbocycles. The van der Waals surface area contributed by atoms with E-state index in [1.54, 1.807) is 4.57 Å². The van der Waals surface area contributed by atoms with Gasteiger partial charge in [0, 0.05) is 37.9 Å². The standard InChI is InChI=1S/C17H21N5O2S/c23-15(12-25-17-19-18-16(24)22(17)14-6-7-14)21-10-8-20(9-11-21)13-4-2-1-3-5-13/h1-5,14H,6-12H2,(H,18,24). The second-order valence-corrected chi connectivity index (χ2v) is 7.35. The lowest BCUT2D eigenvalue weighted by atomic mass is 10.2. The molecule has 4 rings (SSSR count). The van der Waals surface area contributed by atoms with E-state index in [0.29, 0.717) is 10.9 Å². The molecule has 1 N–H and O–H groups in total. The molecule has 0 bridgehead atoms. The van der Waals surface area contributed by atoms with E-state index in [1.165, 1.54) is 17.4 Å². The first-order valence-corrected chi connectivity index (χ1v) is 9.58. The molecule has 1 saturated heterocycles. The maximum Gasteiger partial charge on any atom is 0.344 e. The minimum atomic E-state index is -0.172. The number of rotatable bonds is 5. The molecule has 0 radical (unpaired) electrons. The van der Waals surface area contributed by atoms with Crippen LogP contribution in [0.2, 0.25) is 0 Å². The summed E-state index contributed by atoms with van der Waals surface area (Å²) >= 11 is 1.35. The van der Waals surface area contributed by atoms with Crippen LogP contribution in [0.1, 0.15) is 18.9 Å². The van der Waals surface area contributed by atoms with Gasteiger partial charge in [-0.1, -0.05) is 30.0 Å². The summed E-state index contributed by atoms with van der Waals surface area (Å²) in [6.45, 7) is 3.14. The van der Waals surface area contributed by atoms with Crippen molar-refractivity contribution in [2.75, 3.05) is 36.8 Å². The summed E-state index contributed by atoms with van der Waals surface area (Å²) in [5.41, 5.74) is 1.03. The topological polar surface area (TPSA) is 74.2 Å². The molecule has 1 saturated carbocycles. The SMILES string of the molecule is O=C(CSc1n[nH]c(=O)n1C1CC1)N1CCN(c2ccccc2)CC1. The maximum absolute atomic E-state index is 12.5. The molecule has 132 valence electrons. The number of aromatic amines is 1. The highest BCUT2D eigenvalue weighted by molar-refractivity contribution is 7.99. The van der Waals surface area contributed by atoms with Gasteiger partial charge in [0.1, 0.15) is 0 Å². The highest BCUT2D eigenvalue weighted by atomic mass is 32.2. The Morgan fingerprint density at radius 2 is 1.88 bits per heavy atom. The van der Waals surface area contributed by atoms with E-state index < -0.39 is 0 Å². The Hall–Kier alpha value is -2.22. The van der Waals surface area contributed by atoms with E-state index in [4.69, 9.17) is 0 Å². The predicted octanol–water partition coefficient (Wildman–Crippen LogP) is 1.35. The number of hydrogen-bond acceptors (Lipinski definition) is 5. The normalized spacial score (nSPS) is 17.8. The summed E-state index contributed by atoms with van der Waals surface area (Å²) in [5, 5.41) is 7.17. The number of carbonyl (C=O) groups is 1. The van der Waals surface area contributed by atoms with E-state index in [1.807, 2.05) is 23.1 Å². The smallest absolute Gasteiger partial charge is 0.344 e. The number of benzene rings is 1. The van der Waals surface area contributed by atoms with Crippen LogP contribution >= 0.6 is 11.8 Å². The molecule has 7 nitrogen and oxygen atoms in total. The number of H-pyrrole nitrogens is 1. The highest BCUT2D eigenvalue weighted by Gasteiger charge is 2.29. The average molecular weight is 359 g/mol. The van der Waals surface area contributed by atoms with Crippen molar-refractivity contribution >= 4 is 23.4 Å². The molecule has 2 aliphatic rings. The molecule has 1 aliphatic heterocycles. The van der Waals surface area contributed by atoms with E-state index in [0.717, 1.165) is 39.0 Å². The van der Waals surface area contributed by atoms with Gasteiger partial charge in [-0.15, -0.1) is 5.10 Å². The van der Waals surface area contributed by atoms with Crippen LogP contribution in [-0.4, -0.2) is 57.5 Å². The van der Waals surface area contributed by atoms with Gasteiger partial charge in [0.05, 0.1) is 5.75 Å². The van der Waals surface area contributed by atoms with Crippen molar-refractivity contribution < 1.29 is 4.79 Å². The molecular weight excluding hydrogens is 338 g/mol. The maximum atomic E-state index is 12.5. The zero-order valence-electron chi connectivity index (χ0n) is 13.9. The largest absolute Gasteiger partial charge is 0.368 e. The monoisotopic (exact) mass is 359 g/mol. The molecule has 2 fully saturated rings. The number of hydrogen-bond donors (Lipinski definition) is 1. The highest BCUT2D eigenvalue weighted by Crippen LogP contribution is 2.36. The van der Waals surface area contributed by atoms with Crippen LogP contribution in [0.15, 0.2) is 40.3 Å². The summed E-state index contributed by atoms with van der Waals surface area (Å²) in [5.74, 6) is 0.429. The van der Waals surface area contributed by atoms with Crippen LogP contribution in [0, 0.1) is 0 Å². The second kappa shape index (κ2) is 6.95. The molecule has 2 aromatic rings. The van der Waals surface area contributed by atoms with Gasteiger partial charge in [-0.25, -0.2) is 9.89 Å². The van der Waals surface area contributed by atoms with E-state index in [9.17, 15) is 9.59 Å². The summed E-state index contributed by atoms with van der Waals surface area (Å²) in [7, 11) is 0. The number of aromatic nitrogens is 3. The van der Waals surface area contributed by atoms with Gasteiger partial charge in [0.15, 0.2) is 5.16 Å². The molecule has 2 heterocycles. The average Bonchev–Trinajstić information content (AvgIpc) is 3.43. The van der Waals surface area contributed by atoms with Gasteiger partial charge in [-0.05, 0) is 25.0 Å². The van der Waals surface area contributed by atoms with Crippen LogP contribution in [0.4, 0.5) is 5.69 Å². The van der Waals surface area contributed by atoms with Gasteiger partial charge in [0.2, 0.25) is 5.91 Å². The first-order chi connectivity index (χ1) is 12.2. The Morgan fingerprint density at radius 3 is 2.56 bits per heavy atom. The fourth-order valence-corrected chi connectivity index (χ4v) is 4.03. The fraction of sp³-hybridized carbons (Fsp3) is 0.471. The summed E-state index contributed by atoms with van der Waals surface area (Å²) in [4.78, 5) is 28.5. The molecule has 0 atom stereocenters. The van der Waals surface area contributed by atoms with Crippen LogP contribution < -0.4 is 10.6 Å². The summed E-state index contributed by atoms with van der Waals surface area (Å²) in [6.07, 6.45) is 2.03. The molecule has 1 aliphatic carbocycles. The number of para-hydroxylation sites is 1. The molecule has 25 heavy (non-hydrogen) atoms. The lowest BCUT2D eigenvalue weighted by Gasteiger charge is -2.36. The number of nitrogens with one attached hydrogen (secondary N) is 1. The Morgan fingerprint density at radius 1 is 1.16 bits per heavy atom. The van der Waals surface area contributed by atoms with Crippen LogP contribution in [0.25, 0.3) is 0 Å².